The number of anilines is 1. The maximum absolute atomic E-state index is 11.4. The number of hydrogen-bond donors (Lipinski definition) is 1. The average molecular weight is 191 g/mol. The Hall–Kier alpha value is -1.42. The zero-order valence-corrected chi connectivity index (χ0v) is 7.94. The molecule has 1 aromatic rings. The van der Waals surface area contributed by atoms with Crippen molar-refractivity contribution >= 4 is 11.6 Å². The fourth-order valence-electron chi connectivity index (χ4n) is 1.65. The van der Waals surface area contributed by atoms with E-state index in [4.69, 9.17) is 5.73 Å². The highest BCUT2D eigenvalue weighted by molar-refractivity contribution is 5.95. The lowest BCUT2D eigenvalue weighted by molar-refractivity contribution is -0.117. The molecule has 1 aromatic heterocycles. The van der Waals surface area contributed by atoms with Gasteiger partial charge in [-0.3, -0.25) is 9.78 Å². The quantitative estimate of drug-likeness (QED) is 0.747. The minimum atomic E-state index is 0.181. The summed E-state index contributed by atoms with van der Waals surface area (Å²) in [7, 11) is 0. The first kappa shape index (κ1) is 9.15. The molecule has 14 heavy (non-hydrogen) atoms. The number of nitrogens with two attached hydrogens (primary N) is 1. The lowest BCUT2D eigenvalue weighted by atomic mass is 10.2. The van der Waals surface area contributed by atoms with Crippen molar-refractivity contribution < 1.29 is 4.79 Å². The van der Waals surface area contributed by atoms with Gasteiger partial charge in [-0.1, -0.05) is 0 Å². The summed E-state index contributed by atoms with van der Waals surface area (Å²) in [6, 6.07) is 1.93. The number of hydrogen-bond acceptors (Lipinski definition) is 3. The largest absolute Gasteiger partial charge is 0.326 e. The van der Waals surface area contributed by atoms with Gasteiger partial charge in [-0.15, -0.1) is 0 Å². The van der Waals surface area contributed by atoms with Gasteiger partial charge in [-0.05, 0) is 18.1 Å². The van der Waals surface area contributed by atoms with E-state index < -0.39 is 0 Å². The molecule has 0 aliphatic carbocycles. The molecule has 1 aliphatic rings. The molecule has 0 bridgehead atoms. The molecule has 2 N–H and O–H groups in total. The van der Waals surface area contributed by atoms with Crippen molar-refractivity contribution in [2.24, 2.45) is 5.73 Å². The highest BCUT2D eigenvalue weighted by atomic mass is 16.2. The highest BCUT2D eigenvalue weighted by Crippen LogP contribution is 2.20. The molecule has 2 rings (SSSR count). The van der Waals surface area contributed by atoms with Crippen LogP contribution in [0.25, 0.3) is 0 Å². The molecule has 4 heteroatoms. The van der Waals surface area contributed by atoms with Gasteiger partial charge in [0, 0.05) is 25.7 Å². The SMILES string of the molecule is NCc1cncc(N2CCCC2=O)c1. The van der Waals surface area contributed by atoms with Crippen LogP contribution >= 0.6 is 0 Å². The number of aromatic nitrogens is 1. The smallest absolute Gasteiger partial charge is 0.227 e. The molecule has 0 radical (unpaired) electrons. The van der Waals surface area contributed by atoms with Crippen LogP contribution in [-0.2, 0) is 11.3 Å². The Morgan fingerprint density at radius 1 is 1.50 bits per heavy atom. The first-order chi connectivity index (χ1) is 6.81. The average Bonchev–Trinajstić information content (AvgIpc) is 2.65. The van der Waals surface area contributed by atoms with Crippen LogP contribution in [0.4, 0.5) is 5.69 Å². The predicted octanol–water partition coefficient (Wildman–Crippen LogP) is 0.667. The van der Waals surface area contributed by atoms with Gasteiger partial charge >= 0.3 is 0 Å². The van der Waals surface area contributed by atoms with Crippen LogP contribution in [0.1, 0.15) is 18.4 Å². The van der Waals surface area contributed by atoms with Gasteiger partial charge in [-0.2, -0.15) is 0 Å². The normalized spacial score (nSPS) is 16.4. The minimum absolute atomic E-state index is 0.181. The van der Waals surface area contributed by atoms with E-state index in [1.165, 1.54) is 0 Å². The van der Waals surface area contributed by atoms with E-state index in [1.807, 2.05) is 6.07 Å². The van der Waals surface area contributed by atoms with E-state index in [0.717, 1.165) is 24.2 Å². The lowest BCUT2D eigenvalue weighted by Crippen LogP contribution is -2.24. The Kier molecular flexibility index (Phi) is 2.45. The van der Waals surface area contributed by atoms with E-state index in [0.29, 0.717) is 13.0 Å². The van der Waals surface area contributed by atoms with E-state index in [1.54, 1.807) is 17.3 Å². The summed E-state index contributed by atoms with van der Waals surface area (Å²) >= 11 is 0. The summed E-state index contributed by atoms with van der Waals surface area (Å²) in [4.78, 5) is 17.3. The van der Waals surface area contributed by atoms with Crippen molar-refractivity contribution in [3.05, 3.63) is 24.0 Å². The predicted molar refractivity (Wildman–Crippen MR) is 53.7 cm³/mol. The zero-order valence-electron chi connectivity index (χ0n) is 7.94. The number of amides is 1. The molecule has 2 heterocycles. The monoisotopic (exact) mass is 191 g/mol. The molecular formula is C10H13N3O. The maximum Gasteiger partial charge on any atom is 0.227 e. The van der Waals surface area contributed by atoms with Crippen LogP contribution in [0, 0.1) is 0 Å². The van der Waals surface area contributed by atoms with Gasteiger partial charge in [0.25, 0.3) is 0 Å². The van der Waals surface area contributed by atoms with Gasteiger partial charge in [0.1, 0.15) is 0 Å². The summed E-state index contributed by atoms with van der Waals surface area (Å²) in [6.45, 7) is 1.26. The fraction of sp³-hybridized carbons (Fsp3) is 0.400. The molecular weight excluding hydrogens is 178 g/mol. The second kappa shape index (κ2) is 3.75. The van der Waals surface area contributed by atoms with E-state index in [2.05, 4.69) is 4.98 Å². The summed E-state index contributed by atoms with van der Waals surface area (Å²) in [5, 5.41) is 0. The van der Waals surface area contributed by atoms with Crippen LogP contribution in [0.15, 0.2) is 18.5 Å². The molecule has 1 amide bonds. The number of carbonyl (C=O) groups excluding carboxylic acids is 1. The summed E-state index contributed by atoms with van der Waals surface area (Å²) in [6.07, 6.45) is 5.02. The second-order valence-electron chi connectivity index (χ2n) is 3.40. The van der Waals surface area contributed by atoms with Crippen LogP contribution in [-0.4, -0.2) is 17.4 Å². The summed E-state index contributed by atoms with van der Waals surface area (Å²) < 4.78 is 0. The number of nitrogens with zero attached hydrogens (tertiary/aromatic N) is 2. The van der Waals surface area contributed by atoms with Crippen LogP contribution < -0.4 is 10.6 Å². The Labute approximate surface area is 82.7 Å². The standard InChI is InChI=1S/C10H13N3O/c11-5-8-4-9(7-12-6-8)13-3-1-2-10(13)14/h4,6-7H,1-3,5,11H2. The molecule has 4 nitrogen and oxygen atoms in total. The molecule has 0 atom stereocenters. The summed E-state index contributed by atoms with van der Waals surface area (Å²) in [5.41, 5.74) is 7.34. The van der Waals surface area contributed by atoms with Crippen molar-refractivity contribution in [3.8, 4) is 0 Å². The Bertz CT molecular complexity index is 351. The highest BCUT2D eigenvalue weighted by Gasteiger charge is 2.21. The molecule has 1 fully saturated rings. The third kappa shape index (κ3) is 1.61. The number of rotatable bonds is 2. The van der Waals surface area contributed by atoms with Gasteiger partial charge in [0.15, 0.2) is 0 Å². The maximum atomic E-state index is 11.4. The molecule has 0 saturated carbocycles. The van der Waals surface area contributed by atoms with Crippen molar-refractivity contribution in [3.63, 3.8) is 0 Å². The Balaban J connectivity index is 2.26. The van der Waals surface area contributed by atoms with Crippen LogP contribution in [0.5, 0.6) is 0 Å². The van der Waals surface area contributed by atoms with Crippen LogP contribution in [0.3, 0.4) is 0 Å². The third-order valence-electron chi connectivity index (χ3n) is 2.40. The van der Waals surface area contributed by atoms with Gasteiger partial charge in [-0.25, -0.2) is 0 Å². The van der Waals surface area contributed by atoms with Crippen molar-refractivity contribution in [2.45, 2.75) is 19.4 Å². The lowest BCUT2D eigenvalue weighted by Gasteiger charge is -2.15. The number of pyridine rings is 1. The molecule has 1 saturated heterocycles. The second-order valence-corrected chi connectivity index (χ2v) is 3.40. The Morgan fingerprint density at radius 2 is 2.36 bits per heavy atom. The van der Waals surface area contributed by atoms with Crippen LogP contribution in [0.2, 0.25) is 0 Å². The summed E-state index contributed by atoms with van der Waals surface area (Å²) in [5.74, 6) is 0.181. The van der Waals surface area contributed by atoms with Gasteiger partial charge < -0.3 is 10.6 Å². The van der Waals surface area contributed by atoms with Crippen molar-refractivity contribution in [2.75, 3.05) is 11.4 Å². The minimum Gasteiger partial charge on any atom is -0.326 e. The van der Waals surface area contributed by atoms with Gasteiger partial charge in [0.2, 0.25) is 5.91 Å². The van der Waals surface area contributed by atoms with Gasteiger partial charge in [0.05, 0.1) is 11.9 Å². The fourth-order valence-corrected chi connectivity index (χ4v) is 1.65. The van der Waals surface area contributed by atoms with E-state index in [9.17, 15) is 4.79 Å². The van der Waals surface area contributed by atoms with Crippen molar-refractivity contribution in [1.29, 1.82) is 0 Å². The zero-order chi connectivity index (χ0) is 9.97. The first-order valence-electron chi connectivity index (χ1n) is 4.75. The molecule has 74 valence electrons. The molecule has 0 spiro atoms. The third-order valence-corrected chi connectivity index (χ3v) is 2.40. The van der Waals surface area contributed by atoms with Crippen molar-refractivity contribution in [1.82, 2.24) is 4.98 Å². The van der Waals surface area contributed by atoms with E-state index in [-0.39, 0.29) is 5.91 Å². The number of carbonyl (C=O) groups is 1. The first-order valence-corrected chi connectivity index (χ1v) is 4.75. The molecule has 0 unspecified atom stereocenters. The molecule has 0 aromatic carbocycles. The Morgan fingerprint density at radius 3 is 3.00 bits per heavy atom. The van der Waals surface area contributed by atoms with E-state index >= 15 is 0 Å². The topological polar surface area (TPSA) is 59.2 Å². The molecule has 1 aliphatic heterocycles.